The van der Waals surface area contributed by atoms with Gasteiger partial charge in [0, 0.05) is 31.7 Å². The Morgan fingerprint density at radius 1 is 1.05 bits per heavy atom. The van der Waals surface area contributed by atoms with Crippen molar-refractivity contribution >= 4 is 0 Å². The minimum atomic E-state index is 0.333. The first kappa shape index (κ1) is 13.1. The molecule has 1 heterocycles. The fourth-order valence-corrected chi connectivity index (χ4v) is 4.14. The highest BCUT2D eigenvalue weighted by Crippen LogP contribution is 2.45. The van der Waals surface area contributed by atoms with Crippen molar-refractivity contribution in [2.75, 3.05) is 26.2 Å². The van der Waals surface area contributed by atoms with Gasteiger partial charge in [0.2, 0.25) is 0 Å². The van der Waals surface area contributed by atoms with E-state index in [1.54, 1.807) is 5.56 Å². The van der Waals surface area contributed by atoms with Crippen LogP contribution in [0.1, 0.15) is 42.4 Å². The van der Waals surface area contributed by atoms with E-state index in [2.05, 4.69) is 42.3 Å². The summed E-state index contributed by atoms with van der Waals surface area (Å²) in [6.07, 6.45) is 5.46. The summed E-state index contributed by atoms with van der Waals surface area (Å²) >= 11 is 0. The van der Waals surface area contributed by atoms with Crippen LogP contribution in [0, 0.1) is 13.8 Å². The van der Waals surface area contributed by atoms with Crippen LogP contribution in [0.15, 0.2) is 18.2 Å². The molecule has 1 aromatic carbocycles. The van der Waals surface area contributed by atoms with E-state index in [4.69, 9.17) is 0 Å². The Morgan fingerprint density at radius 3 is 2.37 bits per heavy atom. The van der Waals surface area contributed by atoms with Crippen molar-refractivity contribution in [1.29, 1.82) is 0 Å². The van der Waals surface area contributed by atoms with Crippen molar-refractivity contribution in [3.63, 3.8) is 0 Å². The quantitative estimate of drug-likeness (QED) is 0.877. The van der Waals surface area contributed by atoms with E-state index in [-0.39, 0.29) is 0 Å². The van der Waals surface area contributed by atoms with Crippen molar-refractivity contribution in [1.82, 2.24) is 10.2 Å². The molecule has 1 N–H and O–H groups in total. The molecule has 0 atom stereocenters. The molecule has 1 saturated carbocycles. The van der Waals surface area contributed by atoms with Gasteiger partial charge in [-0.1, -0.05) is 36.6 Å². The largest absolute Gasteiger partial charge is 0.314 e. The summed E-state index contributed by atoms with van der Waals surface area (Å²) in [7, 11) is 0. The van der Waals surface area contributed by atoms with Crippen molar-refractivity contribution < 1.29 is 0 Å². The zero-order valence-electron chi connectivity index (χ0n) is 12.3. The zero-order valence-corrected chi connectivity index (χ0v) is 12.3. The summed E-state index contributed by atoms with van der Waals surface area (Å²) in [6, 6.07) is 7.06. The number of benzene rings is 1. The Morgan fingerprint density at radius 2 is 1.74 bits per heavy atom. The molecule has 104 valence electrons. The van der Waals surface area contributed by atoms with Crippen LogP contribution in [0.3, 0.4) is 0 Å². The van der Waals surface area contributed by atoms with Gasteiger partial charge in [0.1, 0.15) is 0 Å². The number of nitrogens with one attached hydrogen (secondary N) is 1. The molecule has 0 radical (unpaired) electrons. The molecule has 2 heteroatoms. The third-order valence-electron chi connectivity index (χ3n) is 5.04. The molecule has 2 nitrogen and oxygen atoms in total. The monoisotopic (exact) mass is 258 g/mol. The molecule has 0 unspecified atom stereocenters. The minimum Gasteiger partial charge on any atom is -0.314 e. The van der Waals surface area contributed by atoms with Crippen LogP contribution in [-0.4, -0.2) is 31.1 Å². The van der Waals surface area contributed by atoms with Gasteiger partial charge in [-0.25, -0.2) is 0 Å². The molecule has 0 bridgehead atoms. The molecule has 1 aliphatic heterocycles. The van der Waals surface area contributed by atoms with Gasteiger partial charge in [-0.2, -0.15) is 0 Å². The second-order valence-corrected chi connectivity index (χ2v) is 6.29. The third-order valence-corrected chi connectivity index (χ3v) is 5.04. The summed E-state index contributed by atoms with van der Waals surface area (Å²) in [6.45, 7) is 9.19. The molecule has 0 aromatic heterocycles. The lowest BCUT2D eigenvalue weighted by Gasteiger charge is -2.45. The predicted octanol–water partition coefficient (Wildman–Crippen LogP) is 2.98. The topological polar surface area (TPSA) is 15.3 Å². The maximum Gasteiger partial charge on any atom is 0.0464 e. The maximum atomic E-state index is 3.49. The molecular formula is C17H26N2. The second kappa shape index (κ2) is 5.26. The Bertz CT molecular complexity index is 441. The van der Waals surface area contributed by atoms with Crippen LogP contribution in [0.25, 0.3) is 0 Å². The van der Waals surface area contributed by atoms with Gasteiger partial charge in [-0.3, -0.25) is 4.90 Å². The smallest absolute Gasteiger partial charge is 0.0464 e. The van der Waals surface area contributed by atoms with E-state index >= 15 is 0 Å². The predicted molar refractivity (Wildman–Crippen MR) is 80.5 cm³/mol. The van der Waals surface area contributed by atoms with Crippen LogP contribution >= 0.6 is 0 Å². The molecule has 1 saturated heterocycles. The molecule has 2 fully saturated rings. The maximum absolute atomic E-state index is 3.49. The fraction of sp³-hybridized carbons (Fsp3) is 0.647. The SMILES string of the molecule is Cc1ccc(C2(N3CCNCC3)CCCC2)c(C)c1. The number of piperazine rings is 1. The number of hydrogen-bond acceptors (Lipinski definition) is 2. The van der Waals surface area contributed by atoms with Crippen LogP contribution in [0.5, 0.6) is 0 Å². The highest BCUT2D eigenvalue weighted by atomic mass is 15.2. The van der Waals surface area contributed by atoms with Gasteiger partial charge in [0.05, 0.1) is 0 Å². The van der Waals surface area contributed by atoms with Gasteiger partial charge in [-0.15, -0.1) is 0 Å². The molecule has 19 heavy (non-hydrogen) atoms. The fourth-order valence-electron chi connectivity index (χ4n) is 4.14. The molecule has 0 amide bonds. The summed E-state index contributed by atoms with van der Waals surface area (Å²) in [5, 5.41) is 3.49. The van der Waals surface area contributed by atoms with E-state index < -0.39 is 0 Å². The first-order chi connectivity index (χ1) is 9.22. The van der Waals surface area contributed by atoms with E-state index in [9.17, 15) is 0 Å². The Hall–Kier alpha value is -0.860. The van der Waals surface area contributed by atoms with Crippen molar-refractivity contribution in [2.24, 2.45) is 0 Å². The van der Waals surface area contributed by atoms with Crippen LogP contribution in [0.2, 0.25) is 0 Å². The normalized spacial score (nSPS) is 23.7. The van der Waals surface area contributed by atoms with E-state index in [0.29, 0.717) is 5.54 Å². The van der Waals surface area contributed by atoms with Gasteiger partial charge >= 0.3 is 0 Å². The standard InChI is InChI=1S/C17H26N2/c1-14-5-6-16(15(2)13-14)17(7-3-4-8-17)19-11-9-18-10-12-19/h5-6,13,18H,3-4,7-12H2,1-2H3. The molecular weight excluding hydrogens is 232 g/mol. The van der Waals surface area contributed by atoms with Gasteiger partial charge in [-0.05, 0) is 37.8 Å². The number of aryl methyl sites for hydroxylation is 2. The highest BCUT2D eigenvalue weighted by Gasteiger charge is 2.41. The second-order valence-electron chi connectivity index (χ2n) is 6.29. The van der Waals surface area contributed by atoms with E-state index in [0.717, 1.165) is 13.1 Å². The number of hydrogen-bond donors (Lipinski definition) is 1. The van der Waals surface area contributed by atoms with Crippen molar-refractivity contribution in [3.8, 4) is 0 Å². The minimum absolute atomic E-state index is 0.333. The van der Waals surface area contributed by atoms with Gasteiger partial charge in [0.25, 0.3) is 0 Å². The van der Waals surface area contributed by atoms with Crippen LogP contribution < -0.4 is 5.32 Å². The highest BCUT2D eigenvalue weighted by molar-refractivity contribution is 5.37. The van der Waals surface area contributed by atoms with Crippen LogP contribution in [-0.2, 0) is 5.54 Å². The Balaban J connectivity index is 1.99. The summed E-state index contributed by atoms with van der Waals surface area (Å²) < 4.78 is 0. The molecule has 1 aliphatic carbocycles. The summed E-state index contributed by atoms with van der Waals surface area (Å²) in [5.41, 5.74) is 4.80. The average Bonchev–Trinajstić information content (AvgIpc) is 2.90. The lowest BCUT2D eigenvalue weighted by molar-refractivity contribution is 0.0752. The van der Waals surface area contributed by atoms with Gasteiger partial charge in [0.15, 0.2) is 0 Å². The van der Waals surface area contributed by atoms with Gasteiger partial charge < -0.3 is 5.32 Å². The molecule has 1 aromatic rings. The first-order valence-corrected chi connectivity index (χ1v) is 7.76. The molecule has 0 spiro atoms. The molecule has 3 rings (SSSR count). The van der Waals surface area contributed by atoms with Crippen LogP contribution in [0.4, 0.5) is 0 Å². The summed E-state index contributed by atoms with van der Waals surface area (Å²) in [4.78, 5) is 2.76. The zero-order chi connectivity index (χ0) is 13.3. The van der Waals surface area contributed by atoms with Crippen molar-refractivity contribution in [2.45, 2.75) is 45.1 Å². The Kier molecular flexibility index (Phi) is 3.64. The summed E-state index contributed by atoms with van der Waals surface area (Å²) in [5.74, 6) is 0. The first-order valence-electron chi connectivity index (χ1n) is 7.76. The number of nitrogens with zero attached hydrogens (tertiary/aromatic N) is 1. The van der Waals surface area contributed by atoms with Crippen molar-refractivity contribution in [3.05, 3.63) is 34.9 Å². The lowest BCUT2D eigenvalue weighted by Crippen LogP contribution is -2.53. The third kappa shape index (κ3) is 2.32. The van der Waals surface area contributed by atoms with E-state index in [1.807, 2.05) is 0 Å². The Labute approximate surface area is 117 Å². The van der Waals surface area contributed by atoms with E-state index in [1.165, 1.54) is 49.9 Å². The number of rotatable bonds is 2. The lowest BCUT2D eigenvalue weighted by atomic mass is 9.82. The molecule has 2 aliphatic rings. The average molecular weight is 258 g/mol.